The van der Waals surface area contributed by atoms with Crippen molar-refractivity contribution in [2.24, 2.45) is 0 Å². The van der Waals surface area contributed by atoms with Crippen LogP contribution in [0.25, 0.3) is 0 Å². The van der Waals surface area contributed by atoms with Gasteiger partial charge in [-0.05, 0) is 19.3 Å². The highest BCUT2D eigenvalue weighted by molar-refractivity contribution is 7.11. The lowest BCUT2D eigenvalue weighted by molar-refractivity contribution is -0.130. The number of hydrogen-bond acceptors (Lipinski definition) is 4. The minimum Gasteiger partial charge on any atom is -0.341 e. The van der Waals surface area contributed by atoms with E-state index < -0.39 is 0 Å². The number of nitrogens with zero attached hydrogens (tertiary/aromatic N) is 3. The van der Waals surface area contributed by atoms with Crippen LogP contribution in [0.15, 0.2) is 6.20 Å². The van der Waals surface area contributed by atoms with Crippen molar-refractivity contribution >= 4 is 23.3 Å². The normalized spacial score (nSPS) is 15.7. The van der Waals surface area contributed by atoms with E-state index in [2.05, 4.69) is 24.1 Å². The van der Waals surface area contributed by atoms with Crippen LogP contribution in [0, 0.1) is 0 Å². The highest BCUT2D eigenvalue weighted by Gasteiger charge is 2.24. The van der Waals surface area contributed by atoms with Crippen LogP contribution < -0.4 is 5.32 Å². The molecule has 128 valence electrons. The molecule has 0 radical (unpaired) electrons. The lowest BCUT2D eigenvalue weighted by Crippen LogP contribution is -2.44. The van der Waals surface area contributed by atoms with Crippen LogP contribution in [0.1, 0.15) is 36.6 Å². The third-order valence-corrected chi connectivity index (χ3v) is 5.08. The Hall–Kier alpha value is -1.63. The van der Waals surface area contributed by atoms with Gasteiger partial charge in [-0.25, -0.2) is 9.78 Å². The topological polar surface area (TPSA) is 65.5 Å². The molecule has 2 rings (SSSR count). The van der Waals surface area contributed by atoms with Gasteiger partial charge in [0.2, 0.25) is 5.91 Å². The summed E-state index contributed by atoms with van der Waals surface area (Å²) in [4.78, 5) is 33.5. The van der Waals surface area contributed by atoms with E-state index in [9.17, 15) is 9.59 Å². The molecule has 1 aliphatic heterocycles. The van der Waals surface area contributed by atoms with Crippen LogP contribution in [0.4, 0.5) is 4.79 Å². The van der Waals surface area contributed by atoms with E-state index in [4.69, 9.17) is 0 Å². The van der Waals surface area contributed by atoms with Gasteiger partial charge in [0.05, 0.1) is 5.01 Å². The van der Waals surface area contributed by atoms with E-state index in [-0.39, 0.29) is 18.5 Å². The highest BCUT2D eigenvalue weighted by atomic mass is 32.1. The Bertz CT molecular complexity index is 532. The van der Waals surface area contributed by atoms with Crippen LogP contribution in [0.3, 0.4) is 0 Å². The molecule has 0 atom stereocenters. The number of thiazole rings is 1. The van der Waals surface area contributed by atoms with Crippen molar-refractivity contribution < 1.29 is 9.59 Å². The van der Waals surface area contributed by atoms with Crippen molar-refractivity contribution in [2.75, 3.05) is 32.7 Å². The molecule has 0 aromatic carbocycles. The Morgan fingerprint density at radius 2 is 2.22 bits per heavy atom. The SMILES string of the molecule is CCCN1CCCN(C(=O)NCCc2ncc(CC)s2)CC1=O. The fourth-order valence-electron chi connectivity index (χ4n) is 2.61. The first-order valence-electron chi connectivity index (χ1n) is 8.38. The number of amides is 3. The summed E-state index contributed by atoms with van der Waals surface area (Å²) in [7, 11) is 0. The molecule has 23 heavy (non-hydrogen) atoms. The minimum atomic E-state index is -0.149. The molecule has 1 aromatic heterocycles. The van der Waals surface area contributed by atoms with Gasteiger partial charge in [-0.1, -0.05) is 13.8 Å². The standard InChI is InChI=1S/C16H26N4O2S/c1-3-8-19-9-5-10-20(12-15(19)21)16(22)17-7-6-14-18-11-13(4-2)23-14/h11H,3-10,12H2,1-2H3,(H,17,22). The molecule has 1 saturated heterocycles. The first kappa shape index (κ1) is 17.7. The molecule has 0 aliphatic carbocycles. The van der Waals surface area contributed by atoms with Crippen molar-refractivity contribution in [2.45, 2.75) is 39.5 Å². The number of rotatable bonds is 6. The number of aromatic nitrogens is 1. The Balaban J connectivity index is 1.77. The first-order valence-corrected chi connectivity index (χ1v) is 9.19. The average Bonchev–Trinajstić information content (AvgIpc) is 2.92. The maximum Gasteiger partial charge on any atom is 0.317 e. The Morgan fingerprint density at radius 3 is 2.91 bits per heavy atom. The predicted octanol–water partition coefficient (Wildman–Crippen LogP) is 1.90. The number of urea groups is 1. The smallest absolute Gasteiger partial charge is 0.317 e. The number of nitrogens with one attached hydrogen (secondary N) is 1. The quantitative estimate of drug-likeness (QED) is 0.861. The van der Waals surface area contributed by atoms with Crippen molar-refractivity contribution in [1.29, 1.82) is 0 Å². The van der Waals surface area contributed by atoms with E-state index >= 15 is 0 Å². The second-order valence-corrected chi connectivity index (χ2v) is 6.91. The van der Waals surface area contributed by atoms with Crippen LogP contribution in [0.5, 0.6) is 0 Å². The zero-order valence-electron chi connectivity index (χ0n) is 14.0. The van der Waals surface area contributed by atoms with Gasteiger partial charge in [-0.3, -0.25) is 4.79 Å². The van der Waals surface area contributed by atoms with Gasteiger partial charge in [-0.15, -0.1) is 11.3 Å². The molecule has 1 aromatic rings. The summed E-state index contributed by atoms with van der Waals surface area (Å²) in [5.74, 6) is 0.0482. The Labute approximate surface area is 141 Å². The fraction of sp³-hybridized carbons (Fsp3) is 0.688. The summed E-state index contributed by atoms with van der Waals surface area (Å²) in [5, 5.41) is 3.95. The van der Waals surface area contributed by atoms with Gasteiger partial charge in [0.15, 0.2) is 0 Å². The first-order chi connectivity index (χ1) is 11.1. The summed E-state index contributed by atoms with van der Waals surface area (Å²) in [5.41, 5.74) is 0. The van der Waals surface area contributed by atoms with E-state index in [0.717, 1.165) is 43.8 Å². The van der Waals surface area contributed by atoms with Crippen molar-refractivity contribution in [1.82, 2.24) is 20.1 Å². The third-order valence-electron chi connectivity index (χ3n) is 3.88. The molecule has 0 bridgehead atoms. The van der Waals surface area contributed by atoms with Gasteiger partial charge < -0.3 is 15.1 Å². The minimum absolute atomic E-state index is 0.0482. The van der Waals surface area contributed by atoms with Crippen LogP contribution >= 0.6 is 11.3 Å². The Morgan fingerprint density at radius 1 is 1.39 bits per heavy atom. The maximum atomic E-state index is 12.2. The van der Waals surface area contributed by atoms with Crippen molar-refractivity contribution in [3.63, 3.8) is 0 Å². The lowest BCUT2D eigenvalue weighted by atomic mass is 10.3. The second-order valence-electron chi connectivity index (χ2n) is 5.71. The van der Waals surface area contributed by atoms with E-state index in [1.165, 1.54) is 4.88 Å². The van der Waals surface area contributed by atoms with Crippen molar-refractivity contribution in [3.8, 4) is 0 Å². The molecule has 0 saturated carbocycles. The average molecular weight is 338 g/mol. The molecule has 3 amide bonds. The van der Waals surface area contributed by atoms with E-state index in [1.807, 2.05) is 11.1 Å². The number of carbonyl (C=O) groups is 2. The van der Waals surface area contributed by atoms with Crippen LogP contribution in [-0.2, 0) is 17.6 Å². The Kier molecular flexibility index (Phi) is 6.83. The summed E-state index contributed by atoms with van der Waals surface area (Å²) < 4.78 is 0. The summed E-state index contributed by atoms with van der Waals surface area (Å²) in [6.07, 6.45) is 5.42. The molecule has 1 N–H and O–H groups in total. The zero-order valence-corrected chi connectivity index (χ0v) is 14.8. The van der Waals surface area contributed by atoms with Gasteiger partial charge in [0.25, 0.3) is 0 Å². The second kappa shape index (κ2) is 8.86. The zero-order chi connectivity index (χ0) is 16.7. The van der Waals surface area contributed by atoms with Gasteiger partial charge in [-0.2, -0.15) is 0 Å². The molecule has 0 spiro atoms. The number of aryl methyl sites for hydroxylation is 1. The molecular formula is C16H26N4O2S. The van der Waals surface area contributed by atoms with E-state index in [0.29, 0.717) is 13.1 Å². The maximum absolute atomic E-state index is 12.2. The van der Waals surface area contributed by atoms with Crippen molar-refractivity contribution in [3.05, 3.63) is 16.1 Å². The summed E-state index contributed by atoms with van der Waals surface area (Å²) in [6, 6.07) is -0.149. The number of carbonyl (C=O) groups excluding carboxylic acids is 2. The lowest BCUT2D eigenvalue weighted by Gasteiger charge is -2.21. The molecule has 6 nitrogen and oxygen atoms in total. The molecular weight excluding hydrogens is 312 g/mol. The summed E-state index contributed by atoms with van der Waals surface area (Å²) >= 11 is 1.69. The van der Waals surface area contributed by atoms with E-state index in [1.54, 1.807) is 16.2 Å². The number of hydrogen-bond donors (Lipinski definition) is 1. The molecule has 7 heteroatoms. The molecule has 1 fully saturated rings. The third kappa shape index (κ3) is 5.20. The van der Waals surface area contributed by atoms with Gasteiger partial charge >= 0.3 is 6.03 Å². The molecule has 1 aliphatic rings. The molecule has 2 heterocycles. The van der Waals surface area contributed by atoms with Crippen LogP contribution in [-0.4, -0.2) is 59.4 Å². The van der Waals surface area contributed by atoms with Gasteiger partial charge in [0, 0.05) is 43.7 Å². The molecule has 0 unspecified atom stereocenters. The van der Waals surface area contributed by atoms with Gasteiger partial charge in [0.1, 0.15) is 6.54 Å². The predicted molar refractivity (Wildman–Crippen MR) is 91.7 cm³/mol. The highest BCUT2D eigenvalue weighted by Crippen LogP contribution is 2.13. The van der Waals surface area contributed by atoms with Crippen LogP contribution in [0.2, 0.25) is 0 Å². The fourth-order valence-corrected chi connectivity index (χ4v) is 3.48. The summed E-state index contributed by atoms with van der Waals surface area (Å²) in [6.45, 7) is 7.06. The monoisotopic (exact) mass is 338 g/mol. The largest absolute Gasteiger partial charge is 0.341 e.